The van der Waals surface area contributed by atoms with E-state index in [9.17, 15) is 0 Å². The third kappa shape index (κ3) is 9.40. The molecule has 0 saturated heterocycles. The first-order valence-electron chi connectivity index (χ1n) is 24.2. The van der Waals surface area contributed by atoms with Crippen LogP contribution in [0.5, 0.6) is 0 Å². The summed E-state index contributed by atoms with van der Waals surface area (Å²) in [5, 5.41) is 3.72. The van der Waals surface area contributed by atoms with Crippen LogP contribution in [0, 0.1) is 0 Å². The predicted octanol–water partition coefficient (Wildman–Crippen LogP) is 15.7. The summed E-state index contributed by atoms with van der Waals surface area (Å²) in [7, 11) is 0. The number of benzene rings is 10. The van der Waals surface area contributed by atoms with Crippen molar-refractivity contribution in [3.8, 4) is 89.8 Å². The molecule has 1 unspecified atom stereocenters. The van der Waals surface area contributed by atoms with E-state index in [0.717, 1.165) is 94.9 Å². The van der Waals surface area contributed by atoms with Crippen LogP contribution < -0.4 is 5.32 Å². The Bertz CT molecular complexity index is 3740. The van der Waals surface area contributed by atoms with E-state index < -0.39 is 0 Å². The van der Waals surface area contributed by atoms with Crippen LogP contribution >= 0.6 is 0 Å². The average molecular weight is 923 g/mol. The van der Waals surface area contributed by atoms with Crippen LogP contribution in [-0.2, 0) is 0 Å². The van der Waals surface area contributed by atoms with Gasteiger partial charge >= 0.3 is 0 Å². The number of nitrogens with one attached hydrogen (secondary N) is 1. The summed E-state index contributed by atoms with van der Waals surface area (Å²) >= 11 is 0. The van der Waals surface area contributed by atoms with E-state index in [1.807, 2.05) is 24.3 Å². The van der Waals surface area contributed by atoms with Gasteiger partial charge < -0.3 is 5.32 Å². The Balaban J connectivity index is 0.909. The van der Waals surface area contributed by atoms with Crippen LogP contribution in [0.15, 0.2) is 277 Å². The third-order valence-electron chi connectivity index (χ3n) is 13.0. The highest BCUT2D eigenvalue weighted by Crippen LogP contribution is 2.33. The summed E-state index contributed by atoms with van der Waals surface area (Å²) in [5.41, 5.74) is 16.7. The highest BCUT2D eigenvalue weighted by molar-refractivity contribution is 6.13. The van der Waals surface area contributed by atoms with Gasteiger partial charge in [0.15, 0.2) is 23.3 Å². The van der Waals surface area contributed by atoms with Crippen LogP contribution in [0.3, 0.4) is 0 Å². The van der Waals surface area contributed by atoms with Crippen molar-refractivity contribution < 1.29 is 0 Å². The van der Waals surface area contributed by atoms with Crippen LogP contribution in [0.4, 0.5) is 0 Å². The summed E-state index contributed by atoms with van der Waals surface area (Å²) in [6, 6.07) is 92.6. The second kappa shape index (κ2) is 19.8. The van der Waals surface area contributed by atoms with E-state index in [-0.39, 0.29) is 6.17 Å². The molecule has 0 amide bonds. The van der Waals surface area contributed by atoms with E-state index in [1.165, 1.54) is 0 Å². The number of amidine groups is 2. The maximum atomic E-state index is 5.26. The lowest BCUT2D eigenvalue weighted by Gasteiger charge is -2.24. The van der Waals surface area contributed by atoms with Gasteiger partial charge in [-0.2, -0.15) is 0 Å². The van der Waals surface area contributed by atoms with E-state index in [4.69, 9.17) is 24.9 Å². The molecule has 1 N–H and O–H groups in total. The smallest absolute Gasteiger partial charge is 0.164 e. The van der Waals surface area contributed by atoms with Crippen LogP contribution in [0.2, 0.25) is 0 Å². The lowest BCUT2D eigenvalue weighted by atomic mass is 9.99. The molecule has 1 aromatic heterocycles. The zero-order chi connectivity index (χ0) is 48.1. The number of rotatable bonds is 11. The lowest BCUT2D eigenvalue weighted by Crippen LogP contribution is -2.33. The first kappa shape index (κ1) is 43.6. The van der Waals surface area contributed by atoms with Gasteiger partial charge in [-0.1, -0.05) is 243 Å². The third-order valence-corrected chi connectivity index (χ3v) is 13.0. The normalized spacial score (nSPS) is 13.1. The number of aliphatic imine (C=N–C) groups is 2. The minimum absolute atomic E-state index is 0.382. The molecule has 6 nitrogen and oxygen atoms in total. The van der Waals surface area contributed by atoms with Gasteiger partial charge in [0, 0.05) is 27.8 Å². The molecule has 0 bridgehead atoms. The molecular weight excluding hydrogens is 877 g/mol. The minimum atomic E-state index is -0.382. The Morgan fingerprint density at radius 2 is 0.569 bits per heavy atom. The number of nitrogens with zero attached hydrogens (tertiary/aromatic N) is 5. The molecule has 6 heteroatoms. The number of hydrogen-bond acceptors (Lipinski definition) is 6. The average Bonchev–Trinajstić information content (AvgIpc) is 3.48. The van der Waals surface area contributed by atoms with Crippen molar-refractivity contribution in [3.63, 3.8) is 0 Å². The molecule has 1 aliphatic heterocycles. The van der Waals surface area contributed by atoms with Crippen LogP contribution in [0.1, 0.15) is 22.9 Å². The fourth-order valence-corrected chi connectivity index (χ4v) is 9.22. The lowest BCUT2D eigenvalue weighted by molar-refractivity contribution is 0.674. The van der Waals surface area contributed by atoms with Gasteiger partial charge in [0.2, 0.25) is 0 Å². The Hall–Kier alpha value is -9.65. The van der Waals surface area contributed by atoms with Crippen molar-refractivity contribution >= 4 is 11.7 Å². The molecule has 2 heterocycles. The fraction of sp³-hybridized carbons (Fsp3) is 0.0152. The molecule has 1 atom stereocenters. The molecule has 12 rings (SSSR count). The van der Waals surface area contributed by atoms with Crippen LogP contribution in [-0.4, -0.2) is 26.6 Å². The van der Waals surface area contributed by atoms with Gasteiger partial charge in [-0.25, -0.2) is 24.9 Å². The van der Waals surface area contributed by atoms with E-state index >= 15 is 0 Å². The van der Waals surface area contributed by atoms with Gasteiger partial charge in [-0.3, -0.25) is 0 Å². The summed E-state index contributed by atoms with van der Waals surface area (Å²) in [6.07, 6.45) is -0.382. The molecule has 0 saturated carbocycles. The fourth-order valence-electron chi connectivity index (χ4n) is 9.22. The Kier molecular flexibility index (Phi) is 12.0. The van der Waals surface area contributed by atoms with Crippen molar-refractivity contribution in [2.75, 3.05) is 0 Å². The maximum absolute atomic E-state index is 5.26. The van der Waals surface area contributed by atoms with Crippen molar-refractivity contribution in [2.24, 2.45) is 9.98 Å². The van der Waals surface area contributed by atoms with E-state index in [0.29, 0.717) is 23.3 Å². The van der Waals surface area contributed by atoms with Gasteiger partial charge in [0.1, 0.15) is 12.0 Å². The Morgan fingerprint density at radius 3 is 1.06 bits per heavy atom. The second-order valence-corrected chi connectivity index (χ2v) is 17.8. The molecule has 0 spiro atoms. The summed E-state index contributed by atoms with van der Waals surface area (Å²) in [6.45, 7) is 0. The van der Waals surface area contributed by atoms with Crippen molar-refractivity contribution in [1.29, 1.82) is 0 Å². The quantitative estimate of drug-likeness (QED) is 0.140. The molecule has 10 aromatic carbocycles. The van der Waals surface area contributed by atoms with Crippen molar-refractivity contribution in [1.82, 2.24) is 20.3 Å². The van der Waals surface area contributed by atoms with Gasteiger partial charge in [0.05, 0.1) is 0 Å². The molecule has 0 fully saturated rings. The van der Waals surface area contributed by atoms with E-state index in [2.05, 4.69) is 248 Å². The Labute approximate surface area is 419 Å². The summed E-state index contributed by atoms with van der Waals surface area (Å²) in [4.78, 5) is 26.0. The molecule has 0 radical (unpaired) electrons. The molecule has 0 aliphatic carbocycles. The van der Waals surface area contributed by atoms with Gasteiger partial charge in [-0.15, -0.1) is 0 Å². The van der Waals surface area contributed by atoms with Crippen LogP contribution in [0.25, 0.3) is 89.8 Å². The second-order valence-electron chi connectivity index (χ2n) is 17.8. The Morgan fingerprint density at radius 1 is 0.250 bits per heavy atom. The van der Waals surface area contributed by atoms with E-state index in [1.54, 1.807) is 0 Å². The number of aromatic nitrogens is 3. The molecule has 1 aliphatic rings. The number of hydrogen-bond donors (Lipinski definition) is 1. The monoisotopic (exact) mass is 922 g/mol. The maximum Gasteiger partial charge on any atom is 0.164 e. The minimum Gasteiger partial charge on any atom is -0.344 e. The largest absolute Gasteiger partial charge is 0.344 e. The molecular formula is C66H46N6. The SMILES string of the molecule is c1ccc(-c2ccc(C3=NC(c4cccc(-c5ccccc5)c4)NC(c4cccc(-c5cccc(-c6nc(-c7ccc(-c8ccccc8)cc7)nc(-c7cccc(-c8ccccc8)c7)n6)c5)c4)=N3)cc2)cc1. The first-order chi connectivity index (χ1) is 35.6. The zero-order valence-corrected chi connectivity index (χ0v) is 39.2. The summed E-state index contributed by atoms with van der Waals surface area (Å²) < 4.78 is 0. The predicted molar refractivity (Wildman–Crippen MR) is 295 cm³/mol. The molecule has 72 heavy (non-hydrogen) atoms. The highest BCUT2D eigenvalue weighted by atomic mass is 15.2. The standard InChI is InChI=1S/C66H46N6/c1-5-17-45(18-6-1)49-33-37-51(38-34-49)61-67-63(57-29-13-25-53(41-57)47-21-9-3-10-22-47)71-65(69-61)59-31-15-27-55(43-59)56-28-16-32-60(44-56)66-70-62(52-39-35-50(36-40-52)46-19-7-2-8-20-46)68-64(72-66)58-30-14-26-54(42-58)48-23-11-4-12-24-48/h1-44,63H,(H,67,69,71). The highest BCUT2D eigenvalue weighted by Gasteiger charge is 2.22. The zero-order valence-electron chi connectivity index (χ0n) is 39.2. The van der Waals surface area contributed by atoms with Crippen molar-refractivity contribution in [3.05, 3.63) is 284 Å². The molecule has 340 valence electrons. The van der Waals surface area contributed by atoms with Gasteiger partial charge in [0.25, 0.3) is 0 Å². The van der Waals surface area contributed by atoms with Gasteiger partial charge in [-0.05, 0) is 85.5 Å². The first-order valence-corrected chi connectivity index (χ1v) is 24.2. The topological polar surface area (TPSA) is 75.4 Å². The molecule has 11 aromatic rings. The van der Waals surface area contributed by atoms with Crippen molar-refractivity contribution in [2.45, 2.75) is 6.17 Å². The summed E-state index contributed by atoms with van der Waals surface area (Å²) in [5.74, 6) is 3.19.